The van der Waals surface area contributed by atoms with Gasteiger partial charge in [0.2, 0.25) is 5.91 Å². The van der Waals surface area contributed by atoms with Crippen molar-refractivity contribution < 1.29 is 32.9 Å². The number of phosphoric ester groups is 1. The molecule has 3 atom stereocenters. The average Bonchev–Trinajstić information content (AvgIpc) is 3.19. The molecule has 2 N–H and O–H groups in total. The Balaban J connectivity index is 3.82. The Morgan fingerprint density at radius 1 is 0.576 bits per heavy atom. The number of carbonyl (C=O) groups is 1. The van der Waals surface area contributed by atoms with Crippen LogP contribution in [0.4, 0.5) is 0 Å². The van der Waals surface area contributed by atoms with Gasteiger partial charge in [0.15, 0.2) is 0 Å². The SMILES string of the molecule is CCCCCCCCCC/C=C\CCCCCCCCCCCCCCCCCCCCCC(=O)NC(COP(=O)([O-])OCC[N+](C)(C)C)C(O)CCCCCCCC. The van der Waals surface area contributed by atoms with Crippen LogP contribution < -0.4 is 10.2 Å². The molecule has 0 rings (SSSR count). The predicted octanol–water partition coefficient (Wildman–Crippen LogP) is 14.1. The third-order valence-corrected chi connectivity index (χ3v) is 12.7. The molecule has 8 nitrogen and oxygen atoms in total. The van der Waals surface area contributed by atoms with Crippen molar-refractivity contribution in [1.29, 1.82) is 0 Å². The molecule has 0 saturated heterocycles. The first kappa shape index (κ1) is 58.2. The Morgan fingerprint density at radius 3 is 1.32 bits per heavy atom. The monoisotopic (exact) mass is 857 g/mol. The molecule has 1 amide bonds. The van der Waals surface area contributed by atoms with Crippen LogP contribution in [-0.4, -0.2) is 68.5 Å². The van der Waals surface area contributed by atoms with Crippen molar-refractivity contribution in [3.8, 4) is 0 Å². The smallest absolute Gasteiger partial charge is 0.268 e. The molecular weight excluding hydrogens is 756 g/mol. The Morgan fingerprint density at radius 2 is 0.932 bits per heavy atom. The fourth-order valence-electron chi connectivity index (χ4n) is 7.68. The molecule has 0 aliphatic heterocycles. The summed E-state index contributed by atoms with van der Waals surface area (Å²) in [4.78, 5) is 25.2. The summed E-state index contributed by atoms with van der Waals surface area (Å²) >= 11 is 0. The summed E-state index contributed by atoms with van der Waals surface area (Å²) in [6, 6.07) is -0.792. The van der Waals surface area contributed by atoms with Crippen molar-refractivity contribution in [2.45, 2.75) is 264 Å². The quantitative estimate of drug-likeness (QED) is 0.0273. The largest absolute Gasteiger partial charge is 0.756 e. The highest BCUT2D eigenvalue weighted by atomic mass is 31.2. The second kappa shape index (κ2) is 42.5. The molecule has 9 heteroatoms. The minimum Gasteiger partial charge on any atom is -0.756 e. The van der Waals surface area contributed by atoms with E-state index in [1.165, 1.54) is 186 Å². The van der Waals surface area contributed by atoms with Gasteiger partial charge in [0.05, 0.1) is 39.9 Å². The van der Waals surface area contributed by atoms with E-state index in [9.17, 15) is 19.4 Å². The number of amides is 1. The highest BCUT2D eigenvalue weighted by Gasteiger charge is 2.24. The van der Waals surface area contributed by atoms with Crippen molar-refractivity contribution >= 4 is 13.7 Å². The number of nitrogens with one attached hydrogen (secondary N) is 1. The van der Waals surface area contributed by atoms with Gasteiger partial charge < -0.3 is 28.8 Å². The molecule has 0 fully saturated rings. The summed E-state index contributed by atoms with van der Waals surface area (Å²) in [5.74, 6) is -0.166. The van der Waals surface area contributed by atoms with Gasteiger partial charge in [-0.1, -0.05) is 219 Å². The van der Waals surface area contributed by atoms with Crippen molar-refractivity contribution in [2.24, 2.45) is 0 Å². The molecule has 0 aromatic rings. The molecule has 0 spiro atoms. The number of carbonyl (C=O) groups excluding carboxylic acids is 1. The Bertz CT molecular complexity index is 974. The minimum absolute atomic E-state index is 0.0141. The molecule has 352 valence electrons. The van der Waals surface area contributed by atoms with Crippen molar-refractivity contribution in [3.05, 3.63) is 12.2 Å². The van der Waals surface area contributed by atoms with Gasteiger partial charge in [-0.3, -0.25) is 9.36 Å². The standard InChI is InChI=1S/C50H101N2O6P/c1-6-8-10-12-14-15-16-17-18-19-20-21-22-23-24-25-26-27-28-29-30-31-32-33-34-35-36-37-38-40-42-44-50(54)51-48(49(53)43-41-39-13-11-9-7-2)47-58-59(55,56)57-46-45-52(3,4)5/h19-20,48-49,53H,6-18,21-47H2,1-5H3,(H-,51,54,55,56)/b20-19-. The highest BCUT2D eigenvalue weighted by molar-refractivity contribution is 7.45. The zero-order chi connectivity index (χ0) is 43.6. The number of allylic oxidation sites excluding steroid dienone is 2. The van der Waals surface area contributed by atoms with Crippen LogP contribution in [0.25, 0.3) is 0 Å². The van der Waals surface area contributed by atoms with Crippen molar-refractivity contribution in [2.75, 3.05) is 40.9 Å². The molecule has 0 aromatic carbocycles. The van der Waals surface area contributed by atoms with Crippen LogP contribution >= 0.6 is 7.82 Å². The number of likely N-dealkylation sites (N-methyl/N-ethyl adjacent to an activating group) is 1. The van der Waals surface area contributed by atoms with E-state index in [2.05, 4.69) is 31.3 Å². The number of aliphatic hydroxyl groups excluding tert-OH is 1. The Kier molecular flexibility index (Phi) is 42.0. The van der Waals surface area contributed by atoms with Crippen molar-refractivity contribution in [1.82, 2.24) is 5.32 Å². The first-order valence-electron chi connectivity index (χ1n) is 25.5. The Labute approximate surface area is 367 Å². The molecule has 3 unspecified atom stereocenters. The molecular formula is C50H101N2O6P. The van der Waals surface area contributed by atoms with Crippen LogP contribution in [0, 0.1) is 0 Å². The number of aliphatic hydroxyl groups is 1. The second-order valence-electron chi connectivity index (χ2n) is 18.9. The van der Waals surface area contributed by atoms with Gasteiger partial charge in [0.25, 0.3) is 7.82 Å². The van der Waals surface area contributed by atoms with E-state index < -0.39 is 20.0 Å². The molecule has 0 bridgehead atoms. The van der Waals surface area contributed by atoms with Crippen LogP contribution in [0.5, 0.6) is 0 Å². The Hall–Kier alpha value is -0.760. The lowest BCUT2D eigenvalue weighted by Gasteiger charge is -2.30. The maximum absolute atomic E-state index is 12.8. The third-order valence-electron chi connectivity index (χ3n) is 11.8. The van der Waals surface area contributed by atoms with E-state index in [1.807, 2.05) is 21.1 Å². The van der Waals surface area contributed by atoms with Gasteiger partial charge in [-0.15, -0.1) is 0 Å². The highest BCUT2D eigenvalue weighted by Crippen LogP contribution is 2.38. The topological polar surface area (TPSA) is 108 Å². The number of rotatable bonds is 47. The van der Waals surface area contributed by atoms with Crippen LogP contribution in [0.3, 0.4) is 0 Å². The van der Waals surface area contributed by atoms with Crippen LogP contribution in [0.2, 0.25) is 0 Å². The van der Waals surface area contributed by atoms with Gasteiger partial charge in [-0.2, -0.15) is 0 Å². The van der Waals surface area contributed by atoms with E-state index in [-0.39, 0.29) is 19.1 Å². The van der Waals surface area contributed by atoms with E-state index in [4.69, 9.17) is 9.05 Å². The number of unbranched alkanes of at least 4 members (excludes halogenated alkanes) is 32. The normalized spacial score (nSPS) is 14.2. The maximum Gasteiger partial charge on any atom is 0.268 e. The van der Waals surface area contributed by atoms with E-state index >= 15 is 0 Å². The number of nitrogens with zero attached hydrogens (tertiary/aromatic N) is 1. The van der Waals surface area contributed by atoms with Crippen LogP contribution in [0.1, 0.15) is 251 Å². The summed E-state index contributed by atoms with van der Waals surface area (Å²) in [7, 11) is 1.31. The summed E-state index contributed by atoms with van der Waals surface area (Å²) in [6.45, 7) is 4.67. The fourth-order valence-corrected chi connectivity index (χ4v) is 8.41. The first-order valence-corrected chi connectivity index (χ1v) is 27.0. The number of phosphoric acid groups is 1. The summed E-state index contributed by atoms with van der Waals surface area (Å²) in [6.07, 6.45) is 50.0. The molecule has 0 aliphatic carbocycles. The summed E-state index contributed by atoms with van der Waals surface area (Å²) < 4.78 is 23.1. The van der Waals surface area contributed by atoms with Crippen LogP contribution in [0.15, 0.2) is 12.2 Å². The van der Waals surface area contributed by atoms with E-state index in [0.717, 1.165) is 38.5 Å². The van der Waals surface area contributed by atoms with Gasteiger partial charge >= 0.3 is 0 Å². The molecule has 0 heterocycles. The average molecular weight is 857 g/mol. The molecule has 0 saturated carbocycles. The zero-order valence-corrected chi connectivity index (χ0v) is 40.9. The van der Waals surface area contributed by atoms with Crippen LogP contribution in [-0.2, 0) is 18.4 Å². The molecule has 0 aliphatic rings. The summed E-state index contributed by atoms with van der Waals surface area (Å²) in [5, 5.41) is 13.8. The second-order valence-corrected chi connectivity index (χ2v) is 20.3. The van der Waals surface area contributed by atoms with E-state index in [0.29, 0.717) is 23.9 Å². The van der Waals surface area contributed by atoms with Gasteiger partial charge in [-0.25, -0.2) is 0 Å². The predicted molar refractivity (Wildman–Crippen MR) is 252 cm³/mol. The third kappa shape index (κ3) is 45.1. The van der Waals surface area contributed by atoms with E-state index in [1.54, 1.807) is 0 Å². The lowest BCUT2D eigenvalue weighted by Crippen LogP contribution is -2.46. The lowest BCUT2D eigenvalue weighted by atomic mass is 10.0. The fraction of sp³-hybridized carbons (Fsp3) is 0.940. The zero-order valence-electron chi connectivity index (χ0n) is 40.0. The number of quaternary nitrogens is 1. The molecule has 59 heavy (non-hydrogen) atoms. The number of hydrogen-bond donors (Lipinski definition) is 2. The first-order chi connectivity index (χ1) is 28.5. The minimum atomic E-state index is -4.55. The van der Waals surface area contributed by atoms with Gasteiger partial charge in [-0.05, 0) is 38.5 Å². The maximum atomic E-state index is 12.8. The van der Waals surface area contributed by atoms with Gasteiger partial charge in [0, 0.05) is 6.42 Å². The summed E-state index contributed by atoms with van der Waals surface area (Å²) in [5.41, 5.74) is 0. The van der Waals surface area contributed by atoms with Crippen molar-refractivity contribution in [3.63, 3.8) is 0 Å². The van der Waals surface area contributed by atoms with Gasteiger partial charge in [0.1, 0.15) is 13.2 Å². The number of hydrogen-bond acceptors (Lipinski definition) is 6. The molecule has 0 aromatic heterocycles. The molecule has 0 radical (unpaired) electrons. The lowest BCUT2D eigenvalue weighted by molar-refractivity contribution is -0.870.